The molecule has 1 aliphatic heterocycles. The number of hydrogen-bond donors (Lipinski definition) is 2. The van der Waals surface area contributed by atoms with E-state index in [9.17, 15) is 4.39 Å². The number of aryl methyl sites for hydroxylation is 1. The third kappa shape index (κ3) is 2.31. The van der Waals surface area contributed by atoms with Crippen LogP contribution in [0, 0.1) is 12.7 Å². The van der Waals surface area contributed by atoms with Crippen LogP contribution in [-0.2, 0) is 6.54 Å². The number of aromatic nitrogens is 3. The van der Waals surface area contributed by atoms with Crippen molar-refractivity contribution in [2.24, 2.45) is 0 Å². The summed E-state index contributed by atoms with van der Waals surface area (Å²) in [6.45, 7) is 5.06. The molecule has 5 heteroatoms. The molecule has 22 heavy (non-hydrogen) atoms. The first-order valence-electron chi connectivity index (χ1n) is 7.69. The van der Waals surface area contributed by atoms with Gasteiger partial charge < -0.3 is 4.98 Å². The molecule has 0 saturated carbocycles. The summed E-state index contributed by atoms with van der Waals surface area (Å²) in [5, 5.41) is 8.10. The Morgan fingerprint density at radius 1 is 1.36 bits per heavy atom. The van der Waals surface area contributed by atoms with Crippen LogP contribution in [0.2, 0.25) is 0 Å². The number of nitrogens with one attached hydrogen (secondary N) is 2. The number of nitrogens with zero attached hydrogens (tertiary/aromatic N) is 2. The molecule has 0 aliphatic carbocycles. The second kappa shape index (κ2) is 5.25. The van der Waals surface area contributed by atoms with Crippen molar-refractivity contribution in [2.45, 2.75) is 25.8 Å². The Labute approximate surface area is 128 Å². The molecule has 0 unspecified atom stereocenters. The molecule has 0 spiro atoms. The zero-order valence-corrected chi connectivity index (χ0v) is 12.6. The summed E-state index contributed by atoms with van der Waals surface area (Å²) in [4.78, 5) is 5.88. The molecule has 1 atom stereocenters. The van der Waals surface area contributed by atoms with Gasteiger partial charge in [0.05, 0.1) is 0 Å². The van der Waals surface area contributed by atoms with Crippen LogP contribution in [0.15, 0.2) is 30.5 Å². The van der Waals surface area contributed by atoms with Crippen molar-refractivity contribution in [1.29, 1.82) is 0 Å². The molecule has 4 rings (SSSR count). The number of H-pyrrole nitrogens is 2. The number of benzene rings is 1. The quantitative estimate of drug-likeness (QED) is 0.779. The normalized spacial score (nSPS) is 19.3. The summed E-state index contributed by atoms with van der Waals surface area (Å²) in [7, 11) is 0. The number of likely N-dealkylation sites (tertiary alicyclic amines) is 1. The summed E-state index contributed by atoms with van der Waals surface area (Å²) in [6.07, 6.45) is 2.96. The Hall–Kier alpha value is -2.14. The van der Waals surface area contributed by atoms with Crippen LogP contribution in [0.3, 0.4) is 0 Å². The molecule has 1 aliphatic rings. The van der Waals surface area contributed by atoms with Crippen LogP contribution in [0.4, 0.5) is 4.39 Å². The number of aromatic amines is 2. The SMILES string of the molecule is Cc1c(CN2CC[C@H](c3ccn[nH]3)C2)[nH]c2ccc(F)cc12. The van der Waals surface area contributed by atoms with Crippen LogP contribution in [0.25, 0.3) is 10.9 Å². The largest absolute Gasteiger partial charge is 0.357 e. The molecule has 1 saturated heterocycles. The summed E-state index contributed by atoms with van der Waals surface area (Å²) < 4.78 is 13.4. The molecular formula is C17H19FN4. The average molecular weight is 298 g/mol. The molecule has 1 aromatic carbocycles. The Bertz CT molecular complexity index is 790. The van der Waals surface area contributed by atoms with Crippen molar-refractivity contribution in [3.8, 4) is 0 Å². The predicted octanol–water partition coefficient (Wildman–Crippen LogP) is 3.33. The van der Waals surface area contributed by atoms with Crippen molar-refractivity contribution in [3.63, 3.8) is 0 Å². The van der Waals surface area contributed by atoms with E-state index in [2.05, 4.69) is 33.1 Å². The summed E-state index contributed by atoms with van der Waals surface area (Å²) in [6, 6.07) is 7.00. The zero-order valence-electron chi connectivity index (χ0n) is 12.6. The number of rotatable bonds is 3. The van der Waals surface area contributed by atoms with Gasteiger partial charge in [0.25, 0.3) is 0 Å². The fourth-order valence-corrected chi connectivity index (χ4v) is 3.46. The summed E-state index contributed by atoms with van der Waals surface area (Å²) >= 11 is 0. The monoisotopic (exact) mass is 298 g/mol. The smallest absolute Gasteiger partial charge is 0.123 e. The molecule has 4 nitrogen and oxygen atoms in total. The van der Waals surface area contributed by atoms with Gasteiger partial charge in [-0.2, -0.15) is 5.10 Å². The average Bonchev–Trinajstić information content (AvgIpc) is 3.22. The minimum Gasteiger partial charge on any atom is -0.357 e. The highest BCUT2D eigenvalue weighted by Crippen LogP contribution is 2.29. The fraction of sp³-hybridized carbons (Fsp3) is 0.353. The fourth-order valence-electron chi connectivity index (χ4n) is 3.46. The van der Waals surface area contributed by atoms with Crippen LogP contribution in [-0.4, -0.2) is 33.2 Å². The van der Waals surface area contributed by atoms with E-state index >= 15 is 0 Å². The van der Waals surface area contributed by atoms with Crippen LogP contribution in [0.1, 0.15) is 29.3 Å². The van der Waals surface area contributed by atoms with Crippen molar-refractivity contribution >= 4 is 10.9 Å². The first kappa shape index (κ1) is 13.5. The molecule has 3 heterocycles. The maximum absolute atomic E-state index is 13.4. The van der Waals surface area contributed by atoms with Gasteiger partial charge in [-0.25, -0.2) is 4.39 Å². The summed E-state index contributed by atoms with van der Waals surface area (Å²) in [5.41, 5.74) is 4.57. The van der Waals surface area contributed by atoms with E-state index in [0.29, 0.717) is 5.92 Å². The van der Waals surface area contributed by atoms with Crippen molar-refractivity contribution < 1.29 is 4.39 Å². The number of fused-ring (bicyclic) bond motifs is 1. The maximum atomic E-state index is 13.4. The number of hydrogen-bond acceptors (Lipinski definition) is 2. The highest BCUT2D eigenvalue weighted by molar-refractivity contribution is 5.84. The Morgan fingerprint density at radius 2 is 2.27 bits per heavy atom. The molecule has 2 aromatic heterocycles. The molecule has 3 aromatic rings. The molecule has 2 N–H and O–H groups in total. The van der Waals surface area contributed by atoms with Crippen LogP contribution < -0.4 is 0 Å². The molecule has 0 bridgehead atoms. The van der Waals surface area contributed by atoms with E-state index in [-0.39, 0.29) is 5.82 Å². The molecular weight excluding hydrogens is 279 g/mol. The van der Waals surface area contributed by atoms with Crippen LogP contribution >= 0.6 is 0 Å². The van der Waals surface area contributed by atoms with Gasteiger partial charge >= 0.3 is 0 Å². The van der Waals surface area contributed by atoms with Gasteiger partial charge in [0.2, 0.25) is 0 Å². The van der Waals surface area contributed by atoms with E-state index in [1.54, 1.807) is 6.07 Å². The van der Waals surface area contributed by atoms with Crippen molar-refractivity contribution in [2.75, 3.05) is 13.1 Å². The molecule has 114 valence electrons. The third-order valence-corrected chi connectivity index (χ3v) is 4.74. The minimum absolute atomic E-state index is 0.179. The Balaban J connectivity index is 1.53. The maximum Gasteiger partial charge on any atom is 0.123 e. The van der Waals surface area contributed by atoms with E-state index in [1.165, 1.54) is 17.5 Å². The Kier molecular flexibility index (Phi) is 3.22. The molecule has 0 amide bonds. The van der Waals surface area contributed by atoms with Gasteiger partial charge in [-0.1, -0.05) is 0 Å². The van der Waals surface area contributed by atoms with Crippen LogP contribution in [0.5, 0.6) is 0 Å². The lowest BCUT2D eigenvalue weighted by Crippen LogP contribution is -2.20. The first-order chi connectivity index (χ1) is 10.7. The second-order valence-electron chi connectivity index (χ2n) is 6.15. The van der Waals surface area contributed by atoms with Gasteiger partial charge in [0, 0.05) is 47.5 Å². The van der Waals surface area contributed by atoms with E-state index in [4.69, 9.17) is 0 Å². The van der Waals surface area contributed by atoms with E-state index in [1.807, 2.05) is 12.3 Å². The topological polar surface area (TPSA) is 47.7 Å². The predicted molar refractivity (Wildman–Crippen MR) is 84.2 cm³/mol. The minimum atomic E-state index is -0.179. The van der Waals surface area contributed by atoms with Gasteiger partial charge in [-0.3, -0.25) is 10.00 Å². The number of halogens is 1. The van der Waals surface area contributed by atoms with Gasteiger partial charge in [-0.15, -0.1) is 0 Å². The lowest BCUT2D eigenvalue weighted by Gasteiger charge is -2.15. The van der Waals surface area contributed by atoms with E-state index < -0.39 is 0 Å². The molecule has 0 radical (unpaired) electrons. The zero-order chi connectivity index (χ0) is 15.1. The highest BCUT2D eigenvalue weighted by atomic mass is 19.1. The lowest BCUT2D eigenvalue weighted by atomic mass is 10.1. The third-order valence-electron chi connectivity index (χ3n) is 4.74. The van der Waals surface area contributed by atoms with Gasteiger partial charge in [-0.05, 0) is 49.7 Å². The second-order valence-corrected chi connectivity index (χ2v) is 6.15. The summed E-state index contributed by atoms with van der Waals surface area (Å²) in [5.74, 6) is 0.353. The van der Waals surface area contributed by atoms with Crippen molar-refractivity contribution in [1.82, 2.24) is 20.1 Å². The van der Waals surface area contributed by atoms with Crippen molar-refractivity contribution in [3.05, 3.63) is 53.2 Å². The van der Waals surface area contributed by atoms with Gasteiger partial charge in [0.1, 0.15) is 5.82 Å². The lowest BCUT2D eigenvalue weighted by molar-refractivity contribution is 0.322. The Morgan fingerprint density at radius 3 is 3.09 bits per heavy atom. The van der Waals surface area contributed by atoms with E-state index in [0.717, 1.165) is 42.5 Å². The first-order valence-corrected chi connectivity index (χ1v) is 7.69. The highest BCUT2D eigenvalue weighted by Gasteiger charge is 2.25. The molecule has 1 fully saturated rings. The standard InChI is InChI=1S/C17H19FN4/c1-11-14-8-13(18)2-3-16(14)20-17(11)10-22-7-5-12(9-22)15-4-6-19-21-15/h2-4,6,8,12,20H,5,7,9-10H2,1H3,(H,19,21)/t12-/m0/s1. The van der Waals surface area contributed by atoms with Gasteiger partial charge in [0.15, 0.2) is 0 Å².